The fourth-order valence-corrected chi connectivity index (χ4v) is 3.37. The van der Waals surface area contributed by atoms with Crippen LogP contribution in [-0.2, 0) is 14.3 Å². The van der Waals surface area contributed by atoms with Crippen LogP contribution in [0.5, 0.6) is 0 Å². The minimum Gasteiger partial charge on any atom is -0.465 e. The molecule has 0 bridgehead atoms. The van der Waals surface area contributed by atoms with Gasteiger partial charge in [0.15, 0.2) is 0 Å². The number of ketones is 1. The molecule has 3 aromatic rings. The Hall–Kier alpha value is -3.81. The number of Topliss-reactive ketones (excluding diaryl/α,β-unsaturated/α-hetero) is 1. The summed E-state index contributed by atoms with van der Waals surface area (Å²) in [6.45, 7) is 2.70. The number of carbonyl (C=O) groups excluding carboxylic acids is 2. The molecule has 0 aliphatic carbocycles. The third kappa shape index (κ3) is 3.52. The van der Waals surface area contributed by atoms with Crippen molar-refractivity contribution < 1.29 is 19.2 Å². The SMILES string of the molecule is CCOC(=O)C(C(C)=O)c1c([N+](=O)[O-])c(=O)n(-c2ccccc2)c2ccccc12. The van der Waals surface area contributed by atoms with Crippen molar-refractivity contribution in [3.8, 4) is 5.69 Å². The van der Waals surface area contributed by atoms with E-state index in [1.165, 1.54) is 4.57 Å². The first-order valence-electron chi connectivity index (χ1n) is 8.93. The van der Waals surface area contributed by atoms with Crippen molar-refractivity contribution in [1.29, 1.82) is 0 Å². The molecule has 0 saturated carbocycles. The Bertz CT molecular complexity index is 1170. The molecule has 1 atom stereocenters. The molecule has 8 nitrogen and oxygen atoms in total. The molecule has 3 rings (SSSR count). The highest BCUT2D eigenvalue weighted by atomic mass is 16.6. The molecule has 0 amide bonds. The van der Waals surface area contributed by atoms with E-state index in [4.69, 9.17) is 4.74 Å². The van der Waals surface area contributed by atoms with E-state index in [9.17, 15) is 24.5 Å². The Labute approximate surface area is 165 Å². The zero-order chi connectivity index (χ0) is 21.1. The standard InChI is InChI=1S/C21H18N2O6/c1-3-29-21(26)17(13(2)24)18-15-11-7-8-12-16(15)22(14-9-5-4-6-10-14)20(25)19(18)23(27)28/h4-12,17H,3H2,1-2H3. The second-order valence-corrected chi connectivity index (χ2v) is 6.31. The first-order valence-corrected chi connectivity index (χ1v) is 8.93. The second kappa shape index (κ2) is 8.05. The molecule has 0 aliphatic heterocycles. The molecule has 1 aromatic heterocycles. The average Bonchev–Trinajstić information content (AvgIpc) is 2.68. The zero-order valence-electron chi connectivity index (χ0n) is 15.8. The zero-order valence-corrected chi connectivity index (χ0v) is 15.8. The Balaban J connectivity index is 2.51. The molecule has 0 radical (unpaired) electrons. The molecule has 0 fully saturated rings. The van der Waals surface area contributed by atoms with Gasteiger partial charge in [-0.1, -0.05) is 36.4 Å². The number of fused-ring (bicyclic) bond motifs is 1. The third-order valence-corrected chi connectivity index (χ3v) is 4.51. The molecular formula is C21H18N2O6. The summed E-state index contributed by atoms with van der Waals surface area (Å²) in [6, 6.07) is 14.9. The number of nitro groups is 1. The van der Waals surface area contributed by atoms with Gasteiger partial charge in [-0.25, -0.2) is 0 Å². The minimum absolute atomic E-state index is 0.00454. The summed E-state index contributed by atoms with van der Waals surface area (Å²) in [5.41, 5.74) is -1.21. The topological polar surface area (TPSA) is 109 Å². The van der Waals surface area contributed by atoms with Crippen LogP contribution in [0.1, 0.15) is 25.3 Å². The Morgan fingerprint density at radius 3 is 2.31 bits per heavy atom. The van der Waals surface area contributed by atoms with E-state index < -0.39 is 33.8 Å². The lowest BCUT2D eigenvalue weighted by Crippen LogP contribution is -2.29. The van der Waals surface area contributed by atoms with Crippen LogP contribution in [0.4, 0.5) is 5.69 Å². The van der Waals surface area contributed by atoms with E-state index >= 15 is 0 Å². The maximum absolute atomic E-state index is 13.2. The van der Waals surface area contributed by atoms with Crippen LogP contribution < -0.4 is 5.56 Å². The number of nitrogens with zero attached hydrogens (tertiary/aromatic N) is 2. The predicted octanol–water partition coefficient (Wildman–Crippen LogP) is 3.13. The number of para-hydroxylation sites is 2. The highest BCUT2D eigenvalue weighted by Gasteiger charge is 2.38. The largest absolute Gasteiger partial charge is 0.465 e. The third-order valence-electron chi connectivity index (χ3n) is 4.51. The Kier molecular flexibility index (Phi) is 5.54. The van der Waals surface area contributed by atoms with Crippen molar-refractivity contribution in [1.82, 2.24) is 4.57 Å². The number of carbonyl (C=O) groups is 2. The number of aromatic nitrogens is 1. The molecule has 2 aromatic carbocycles. The lowest BCUT2D eigenvalue weighted by molar-refractivity contribution is -0.387. The van der Waals surface area contributed by atoms with Gasteiger partial charge in [-0.3, -0.25) is 29.1 Å². The molecule has 0 N–H and O–H groups in total. The lowest BCUT2D eigenvalue weighted by atomic mass is 9.90. The molecule has 0 spiro atoms. The molecule has 0 aliphatic rings. The summed E-state index contributed by atoms with van der Waals surface area (Å²) >= 11 is 0. The lowest BCUT2D eigenvalue weighted by Gasteiger charge is -2.18. The second-order valence-electron chi connectivity index (χ2n) is 6.31. The molecule has 1 unspecified atom stereocenters. The monoisotopic (exact) mass is 394 g/mol. The van der Waals surface area contributed by atoms with Crippen molar-refractivity contribution in [2.24, 2.45) is 0 Å². The van der Waals surface area contributed by atoms with Crippen LogP contribution in [0.2, 0.25) is 0 Å². The van der Waals surface area contributed by atoms with Gasteiger partial charge in [-0.05, 0) is 32.0 Å². The van der Waals surface area contributed by atoms with Crippen molar-refractivity contribution in [3.05, 3.63) is 80.6 Å². The van der Waals surface area contributed by atoms with E-state index in [-0.39, 0.29) is 17.6 Å². The molecule has 29 heavy (non-hydrogen) atoms. The summed E-state index contributed by atoms with van der Waals surface area (Å²) in [7, 11) is 0. The number of hydrogen-bond donors (Lipinski definition) is 0. The summed E-state index contributed by atoms with van der Waals surface area (Å²) in [5.74, 6) is -3.14. The molecule has 0 saturated heterocycles. The van der Waals surface area contributed by atoms with Crippen molar-refractivity contribution >= 4 is 28.3 Å². The number of benzene rings is 2. The predicted molar refractivity (Wildman–Crippen MR) is 106 cm³/mol. The number of rotatable bonds is 6. The number of esters is 1. The van der Waals surface area contributed by atoms with Gasteiger partial charge in [0.2, 0.25) is 0 Å². The van der Waals surface area contributed by atoms with E-state index in [2.05, 4.69) is 0 Å². The van der Waals surface area contributed by atoms with Crippen molar-refractivity contribution in [2.75, 3.05) is 6.61 Å². The van der Waals surface area contributed by atoms with Gasteiger partial charge in [-0.15, -0.1) is 0 Å². The van der Waals surface area contributed by atoms with Crippen molar-refractivity contribution in [3.63, 3.8) is 0 Å². The summed E-state index contributed by atoms with van der Waals surface area (Å²) in [5, 5.41) is 12.2. The van der Waals surface area contributed by atoms with Crippen LogP contribution in [0, 0.1) is 10.1 Å². The fraction of sp³-hybridized carbons (Fsp3) is 0.190. The van der Waals surface area contributed by atoms with Crippen LogP contribution in [0.3, 0.4) is 0 Å². The average molecular weight is 394 g/mol. The fourth-order valence-electron chi connectivity index (χ4n) is 3.37. The van der Waals surface area contributed by atoms with Gasteiger partial charge in [0.25, 0.3) is 0 Å². The van der Waals surface area contributed by atoms with Gasteiger partial charge in [0.1, 0.15) is 11.7 Å². The highest BCUT2D eigenvalue weighted by Crippen LogP contribution is 2.34. The highest BCUT2D eigenvalue weighted by molar-refractivity contribution is 6.08. The van der Waals surface area contributed by atoms with Crippen LogP contribution in [0.15, 0.2) is 59.4 Å². The quantitative estimate of drug-likeness (QED) is 0.275. The maximum atomic E-state index is 13.2. The Morgan fingerprint density at radius 2 is 1.72 bits per heavy atom. The van der Waals surface area contributed by atoms with Crippen LogP contribution in [0.25, 0.3) is 16.6 Å². The number of hydrogen-bond acceptors (Lipinski definition) is 6. The van der Waals surface area contributed by atoms with E-state index in [0.29, 0.717) is 11.2 Å². The van der Waals surface area contributed by atoms with E-state index in [0.717, 1.165) is 6.92 Å². The van der Waals surface area contributed by atoms with E-state index in [1.807, 2.05) is 0 Å². The van der Waals surface area contributed by atoms with Crippen LogP contribution in [-0.4, -0.2) is 27.8 Å². The van der Waals surface area contributed by atoms with Crippen molar-refractivity contribution in [2.45, 2.75) is 19.8 Å². The van der Waals surface area contributed by atoms with Gasteiger partial charge < -0.3 is 4.74 Å². The molecule has 1 heterocycles. The summed E-state index contributed by atoms with van der Waals surface area (Å²) in [4.78, 5) is 49.1. The molecule has 148 valence electrons. The minimum atomic E-state index is -1.57. The van der Waals surface area contributed by atoms with Gasteiger partial charge >= 0.3 is 17.2 Å². The molecule has 8 heteroatoms. The normalized spacial score (nSPS) is 11.8. The summed E-state index contributed by atoms with van der Waals surface area (Å²) in [6.07, 6.45) is 0. The van der Waals surface area contributed by atoms with Gasteiger partial charge in [-0.2, -0.15) is 0 Å². The first kappa shape index (κ1) is 19.9. The number of pyridine rings is 1. The van der Waals surface area contributed by atoms with Gasteiger partial charge in [0.05, 0.1) is 22.6 Å². The van der Waals surface area contributed by atoms with Gasteiger partial charge in [0, 0.05) is 11.1 Å². The number of ether oxygens (including phenoxy) is 1. The first-order chi connectivity index (χ1) is 13.9. The summed E-state index contributed by atoms with van der Waals surface area (Å²) < 4.78 is 6.17. The molecular weight excluding hydrogens is 376 g/mol. The smallest absolute Gasteiger partial charge is 0.339 e. The van der Waals surface area contributed by atoms with Crippen LogP contribution >= 0.6 is 0 Å². The maximum Gasteiger partial charge on any atom is 0.339 e. The Morgan fingerprint density at radius 1 is 1.10 bits per heavy atom. The van der Waals surface area contributed by atoms with E-state index in [1.54, 1.807) is 61.5 Å².